The summed E-state index contributed by atoms with van der Waals surface area (Å²) >= 11 is 0. The van der Waals surface area contributed by atoms with Gasteiger partial charge in [-0.05, 0) is 116 Å². The van der Waals surface area contributed by atoms with Gasteiger partial charge in [0.25, 0.3) is 0 Å². The summed E-state index contributed by atoms with van der Waals surface area (Å²) in [5.74, 6) is 2.26. The first-order valence-corrected chi connectivity index (χ1v) is 15.6. The van der Waals surface area contributed by atoms with Crippen LogP contribution in [0.1, 0.15) is 84.1 Å². The second kappa shape index (κ2) is 11.5. The fourth-order valence-electron chi connectivity index (χ4n) is 9.94. The van der Waals surface area contributed by atoms with E-state index in [1.54, 1.807) is 0 Å². The minimum atomic E-state index is -0.990. The third-order valence-corrected chi connectivity index (χ3v) is 12.1. The Morgan fingerprint density at radius 2 is 1.82 bits per heavy atom. The SMILES string of the molecule is C[C@H](CCCC(=O)N[C@@H](Cc1ccccc1)C(=O)O)[C@H]1CC[C@H]2[C@@H]3[C@@H](O)C[C@@H]4CNCC[C@]4(C)[C@H]3CC[C@]12C. The Hall–Kier alpha value is -1.92. The van der Waals surface area contributed by atoms with Gasteiger partial charge in [-0.25, -0.2) is 4.79 Å². The van der Waals surface area contributed by atoms with E-state index in [4.69, 9.17) is 0 Å². The van der Waals surface area contributed by atoms with Crippen LogP contribution in [0.5, 0.6) is 0 Å². The lowest BCUT2D eigenvalue weighted by Gasteiger charge is -2.62. The van der Waals surface area contributed by atoms with Crippen LogP contribution in [0.4, 0.5) is 0 Å². The summed E-state index contributed by atoms with van der Waals surface area (Å²) in [7, 11) is 0. The smallest absolute Gasteiger partial charge is 0.326 e. The van der Waals surface area contributed by atoms with Crippen LogP contribution in [0, 0.1) is 46.3 Å². The lowest BCUT2D eigenvalue weighted by Crippen LogP contribution is -2.60. The Bertz CT molecular complexity index is 1020. The van der Waals surface area contributed by atoms with Crippen LogP contribution in [0.2, 0.25) is 0 Å². The molecular formula is C33H50N2O4. The van der Waals surface area contributed by atoms with E-state index in [0.29, 0.717) is 53.8 Å². The molecule has 216 valence electrons. The van der Waals surface area contributed by atoms with Crippen molar-refractivity contribution in [3.8, 4) is 0 Å². The van der Waals surface area contributed by atoms with E-state index >= 15 is 0 Å². The van der Waals surface area contributed by atoms with Crippen molar-refractivity contribution in [3.05, 3.63) is 35.9 Å². The number of hydrogen-bond donors (Lipinski definition) is 4. The number of fused-ring (bicyclic) bond motifs is 5. The molecule has 0 aromatic heterocycles. The van der Waals surface area contributed by atoms with Crippen LogP contribution >= 0.6 is 0 Å². The lowest BCUT2D eigenvalue weighted by atomic mass is 9.45. The third kappa shape index (κ3) is 5.53. The number of benzene rings is 1. The molecule has 1 saturated heterocycles. The van der Waals surface area contributed by atoms with E-state index in [1.165, 1.54) is 32.1 Å². The number of nitrogens with one attached hydrogen (secondary N) is 2. The zero-order valence-electron chi connectivity index (χ0n) is 24.2. The summed E-state index contributed by atoms with van der Waals surface area (Å²) < 4.78 is 0. The van der Waals surface area contributed by atoms with Gasteiger partial charge in [0.1, 0.15) is 6.04 Å². The van der Waals surface area contributed by atoms with Crippen molar-refractivity contribution in [1.29, 1.82) is 0 Å². The molecule has 10 atom stereocenters. The van der Waals surface area contributed by atoms with Crippen molar-refractivity contribution in [2.45, 2.75) is 97.1 Å². The molecule has 6 heteroatoms. The molecule has 0 radical (unpaired) electrons. The maximum absolute atomic E-state index is 12.7. The van der Waals surface area contributed by atoms with Gasteiger partial charge in [0.15, 0.2) is 0 Å². The molecule has 6 nitrogen and oxygen atoms in total. The zero-order chi connectivity index (χ0) is 27.8. The standard InChI is InChI=1S/C33H50N2O4/c1-21(8-7-11-29(37)35-27(31(38)39)18-22-9-5-4-6-10-22)24-12-13-25-30-26(14-15-33(24,25)3)32(2)16-17-34-20-23(32)19-28(30)36/h4-6,9-10,21,23-28,30,34,36H,7-8,11-20H2,1-3H3,(H,35,37)(H,38,39)/t21-,23-,24-,25+,26+,27+,28+,30+,32+,33-/m1/s1. The average molecular weight is 539 g/mol. The summed E-state index contributed by atoms with van der Waals surface area (Å²) in [5.41, 5.74) is 1.54. The second-order valence-electron chi connectivity index (χ2n) is 14.0. The Balaban J connectivity index is 1.15. The van der Waals surface area contributed by atoms with Gasteiger partial charge in [-0.1, -0.05) is 51.1 Å². The molecule has 1 aromatic rings. The minimum absolute atomic E-state index is 0.170. The lowest BCUT2D eigenvalue weighted by molar-refractivity contribution is -0.161. The molecule has 39 heavy (non-hydrogen) atoms. The number of aliphatic carboxylic acids is 1. The quantitative estimate of drug-likeness (QED) is 0.353. The van der Waals surface area contributed by atoms with Crippen LogP contribution in [0.3, 0.4) is 0 Å². The highest BCUT2D eigenvalue weighted by atomic mass is 16.4. The van der Waals surface area contributed by atoms with Gasteiger partial charge in [-0.2, -0.15) is 0 Å². The number of carboxylic acid groups (broad SMARTS) is 1. The maximum atomic E-state index is 12.7. The highest BCUT2D eigenvalue weighted by Crippen LogP contribution is 2.67. The number of carbonyl (C=O) groups excluding carboxylic acids is 1. The predicted molar refractivity (Wildman–Crippen MR) is 153 cm³/mol. The molecule has 4 aliphatic rings. The van der Waals surface area contributed by atoms with Crippen molar-refractivity contribution in [1.82, 2.24) is 10.6 Å². The van der Waals surface area contributed by atoms with Gasteiger partial charge in [0.05, 0.1) is 6.10 Å². The molecule has 3 saturated carbocycles. The molecule has 5 rings (SSSR count). The highest BCUT2D eigenvalue weighted by molar-refractivity contribution is 5.83. The topological polar surface area (TPSA) is 98.7 Å². The summed E-state index contributed by atoms with van der Waals surface area (Å²) in [6, 6.07) is 8.56. The zero-order valence-corrected chi connectivity index (χ0v) is 24.2. The Morgan fingerprint density at radius 3 is 2.56 bits per heavy atom. The molecule has 4 fully saturated rings. The Morgan fingerprint density at radius 1 is 1.08 bits per heavy atom. The van der Waals surface area contributed by atoms with Crippen LogP contribution in [0.15, 0.2) is 30.3 Å². The molecule has 4 N–H and O–H groups in total. The van der Waals surface area contributed by atoms with Gasteiger partial charge in [-0.15, -0.1) is 0 Å². The van der Waals surface area contributed by atoms with Crippen LogP contribution in [0.25, 0.3) is 0 Å². The molecule has 1 heterocycles. The van der Waals surface area contributed by atoms with Crippen molar-refractivity contribution < 1.29 is 19.8 Å². The Labute approximate surface area is 234 Å². The van der Waals surface area contributed by atoms with Gasteiger partial charge in [-0.3, -0.25) is 4.79 Å². The van der Waals surface area contributed by atoms with E-state index in [9.17, 15) is 19.8 Å². The molecule has 1 aromatic carbocycles. The monoisotopic (exact) mass is 538 g/mol. The first-order valence-electron chi connectivity index (χ1n) is 15.6. The van der Waals surface area contributed by atoms with Crippen molar-refractivity contribution in [2.75, 3.05) is 13.1 Å². The van der Waals surface area contributed by atoms with Gasteiger partial charge in [0.2, 0.25) is 5.91 Å². The molecule has 3 aliphatic carbocycles. The minimum Gasteiger partial charge on any atom is -0.480 e. The first kappa shape index (κ1) is 28.6. The summed E-state index contributed by atoms with van der Waals surface area (Å²) in [4.78, 5) is 24.4. The largest absolute Gasteiger partial charge is 0.480 e. The maximum Gasteiger partial charge on any atom is 0.326 e. The van der Waals surface area contributed by atoms with Gasteiger partial charge >= 0.3 is 5.97 Å². The fourth-order valence-corrected chi connectivity index (χ4v) is 9.94. The molecular weight excluding hydrogens is 488 g/mol. The number of carboxylic acids is 1. The summed E-state index contributed by atoms with van der Waals surface area (Å²) in [6.07, 6.45) is 9.40. The summed E-state index contributed by atoms with van der Waals surface area (Å²) in [5, 5.41) is 27.4. The van der Waals surface area contributed by atoms with Crippen molar-refractivity contribution >= 4 is 11.9 Å². The number of amides is 1. The predicted octanol–water partition coefficient (Wildman–Crippen LogP) is 5.04. The number of piperidine rings is 1. The van der Waals surface area contributed by atoms with Gasteiger partial charge < -0.3 is 20.8 Å². The number of carbonyl (C=O) groups is 2. The van der Waals surface area contributed by atoms with Crippen molar-refractivity contribution in [3.63, 3.8) is 0 Å². The first-order chi connectivity index (χ1) is 18.6. The average Bonchev–Trinajstić information content (AvgIpc) is 3.26. The van der Waals surface area contributed by atoms with Crippen LogP contribution < -0.4 is 10.6 Å². The summed E-state index contributed by atoms with van der Waals surface area (Å²) in [6.45, 7) is 9.57. The van der Waals surface area contributed by atoms with E-state index < -0.39 is 12.0 Å². The number of rotatable bonds is 9. The molecule has 1 amide bonds. The number of aliphatic hydroxyl groups is 1. The molecule has 1 aliphatic heterocycles. The van der Waals surface area contributed by atoms with E-state index in [1.807, 2.05) is 30.3 Å². The Kier molecular flexibility index (Phi) is 8.45. The normalized spacial score (nSPS) is 39.1. The number of hydrogen-bond acceptors (Lipinski definition) is 4. The molecule has 0 spiro atoms. The fraction of sp³-hybridized carbons (Fsp3) is 0.758. The molecule has 0 unspecified atom stereocenters. The number of aliphatic hydroxyl groups excluding tert-OH is 1. The van der Waals surface area contributed by atoms with Crippen LogP contribution in [-0.4, -0.2) is 47.3 Å². The van der Waals surface area contributed by atoms with E-state index in [-0.39, 0.29) is 17.4 Å². The second-order valence-corrected chi connectivity index (χ2v) is 14.0. The molecule has 0 bridgehead atoms. The van der Waals surface area contributed by atoms with Crippen molar-refractivity contribution in [2.24, 2.45) is 46.3 Å². The van der Waals surface area contributed by atoms with E-state index in [0.717, 1.165) is 37.9 Å². The third-order valence-electron chi connectivity index (χ3n) is 12.1. The van der Waals surface area contributed by atoms with Crippen LogP contribution in [-0.2, 0) is 16.0 Å². The van der Waals surface area contributed by atoms with Gasteiger partial charge in [0, 0.05) is 12.8 Å². The van der Waals surface area contributed by atoms with E-state index in [2.05, 4.69) is 31.4 Å². The highest BCUT2D eigenvalue weighted by Gasteiger charge is 2.62.